The normalized spacial score (nSPS) is 11.8. The minimum absolute atomic E-state index is 0.117. The topological polar surface area (TPSA) is 64.1 Å². The summed E-state index contributed by atoms with van der Waals surface area (Å²) in [7, 11) is 0. The predicted molar refractivity (Wildman–Crippen MR) is 104 cm³/mol. The third kappa shape index (κ3) is 4.37. The van der Waals surface area contributed by atoms with Gasteiger partial charge in [-0.25, -0.2) is 0 Å². The van der Waals surface area contributed by atoms with E-state index in [0.717, 1.165) is 34.5 Å². The molecule has 2 aromatic heterocycles. The average molecular weight is 372 g/mol. The summed E-state index contributed by atoms with van der Waals surface area (Å²) in [5, 5.41) is 18.7. The first kappa shape index (κ1) is 18.7. The second-order valence-electron chi connectivity index (χ2n) is 7.22. The van der Waals surface area contributed by atoms with Crippen molar-refractivity contribution < 1.29 is 9.52 Å². The van der Waals surface area contributed by atoms with Crippen molar-refractivity contribution in [3.05, 3.63) is 54.0 Å². The number of benzene rings is 1. The summed E-state index contributed by atoms with van der Waals surface area (Å²) in [5.74, 6) is 2.49. The summed E-state index contributed by atoms with van der Waals surface area (Å²) in [6.45, 7) is 7.38. The molecule has 6 heteroatoms. The van der Waals surface area contributed by atoms with Crippen LogP contribution in [0.5, 0.6) is 0 Å². The van der Waals surface area contributed by atoms with Crippen molar-refractivity contribution in [3.8, 4) is 11.4 Å². The largest absolute Gasteiger partial charge is 0.467 e. The molecule has 1 N–H and O–H groups in total. The van der Waals surface area contributed by atoms with Crippen LogP contribution in [-0.2, 0) is 12.0 Å². The van der Waals surface area contributed by atoms with Crippen molar-refractivity contribution in [2.75, 3.05) is 12.4 Å². The van der Waals surface area contributed by atoms with Gasteiger partial charge in [-0.2, -0.15) is 0 Å². The molecule has 1 aromatic carbocycles. The molecule has 0 saturated carbocycles. The summed E-state index contributed by atoms with van der Waals surface area (Å²) in [6, 6.07) is 12.3. The van der Waals surface area contributed by atoms with Crippen molar-refractivity contribution in [1.29, 1.82) is 0 Å². The molecule has 0 aliphatic heterocycles. The molecule has 0 radical (unpaired) electrons. The number of aliphatic hydroxyl groups is 1. The van der Waals surface area contributed by atoms with E-state index in [1.807, 2.05) is 12.1 Å². The Kier molecular flexibility index (Phi) is 5.84. The van der Waals surface area contributed by atoms with Crippen LogP contribution >= 0.6 is 11.8 Å². The number of aromatic nitrogens is 3. The van der Waals surface area contributed by atoms with Gasteiger partial charge in [0.1, 0.15) is 5.76 Å². The Morgan fingerprint density at radius 2 is 1.88 bits per heavy atom. The van der Waals surface area contributed by atoms with E-state index >= 15 is 0 Å². The van der Waals surface area contributed by atoms with E-state index in [4.69, 9.17) is 9.52 Å². The number of nitrogens with zero attached hydrogens (tertiary/aromatic N) is 3. The van der Waals surface area contributed by atoms with E-state index in [1.165, 1.54) is 5.56 Å². The van der Waals surface area contributed by atoms with Crippen molar-refractivity contribution in [3.63, 3.8) is 0 Å². The van der Waals surface area contributed by atoms with Gasteiger partial charge in [-0.05, 0) is 29.5 Å². The van der Waals surface area contributed by atoms with E-state index in [9.17, 15) is 0 Å². The van der Waals surface area contributed by atoms with Gasteiger partial charge in [0.25, 0.3) is 0 Å². The van der Waals surface area contributed by atoms with Crippen LogP contribution in [0.1, 0.15) is 38.5 Å². The Labute approximate surface area is 158 Å². The molecule has 0 aliphatic carbocycles. The van der Waals surface area contributed by atoms with Crippen molar-refractivity contribution in [2.45, 2.75) is 44.3 Å². The molecule has 138 valence electrons. The Bertz CT molecular complexity index is 818. The summed E-state index contributed by atoms with van der Waals surface area (Å²) in [4.78, 5) is 0. The van der Waals surface area contributed by atoms with Gasteiger partial charge in [0.05, 0.1) is 12.8 Å². The van der Waals surface area contributed by atoms with Crippen molar-refractivity contribution in [1.82, 2.24) is 14.8 Å². The monoisotopic (exact) mass is 371 g/mol. The molecular formula is C20H25N3O2S. The van der Waals surface area contributed by atoms with Gasteiger partial charge in [0.15, 0.2) is 11.0 Å². The van der Waals surface area contributed by atoms with Crippen molar-refractivity contribution in [2.24, 2.45) is 0 Å². The lowest BCUT2D eigenvalue weighted by Crippen LogP contribution is -2.10. The van der Waals surface area contributed by atoms with Gasteiger partial charge in [0, 0.05) is 17.9 Å². The SMILES string of the molecule is CC(C)(C)c1ccc(-c2nnc(SCCCO)n2Cc2ccco2)cc1. The Hall–Kier alpha value is -2.05. The maximum Gasteiger partial charge on any atom is 0.191 e. The first-order chi connectivity index (χ1) is 12.5. The molecule has 2 heterocycles. The third-order valence-corrected chi connectivity index (χ3v) is 5.21. The molecule has 0 spiro atoms. The fraction of sp³-hybridized carbons (Fsp3) is 0.400. The number of aliphatic hydroxyl groups excluding tert-OH is 1. The van der Waals surface area contributed by atoms with Crippen LogP contribution in [0.15, 0.2) is 52.2 Å². The van der Waals surface area contributed by atoms with E-state index in [2.05, 4.69) is 59.8 Å². The predicted octanol–water partition coefficient (Wildman–Crippen LogP) is 4.36. The van der Waals surface area contributed by atoms with Gasteiger partial charge in [-0.3, -0.25) is 4.57 Å². The van der Waals surface area contributed by atoms with Crippen LogP contribution in [0.4, 0.5) is 0 Å². The number of thioether (sulfide) groups is 1. The molecule has 3 rings (SSSR count). The number of hydrogen-bond acceptors (Lipinski definition) is 5. The molecule has 26 heavy (non-hydrogen) atoms. The molecule has 0 atom stereocenters. The van der Waals surface area contributed by atoms with Crippen LogP contribution in [0.25, 0.3) is 11.4 Å². The lowest BCUT2D eigenvalue weighted by molar-refractivity contribution is 0.296. The first-order valence-electron chi connectivity index (χ1n) is 8.79. The minimum Gasteiger partial charge on any atom is -0.467 e. The van der Waals surface area contributed by atoms with E-state index < -0.39 is 0 Å². The highest BCUT2D eigenvalue weighted by Crippen LogP contribution is 2.28. The molecule has 5 nitrogen and oxygen atoms in total. The van der Waals surface area contributed by atoms with Crippen molar-refractivity contribution >= 4 is 11.8 Å². The lowest BCUT2D eigenvalue weighted by Gasteiger charge is -2.19. The standard InChI is InChI=1S/C20H25N3O2S/c1-20(2,3)16-9-7-15(8-10-16)18-21-22-19(26-13-5-11-24)23(18)14-17-6-4-12-25-17/h4,6-10,12,24H,5,11,13-14H2,1-3H3. The number of hydrogen-bond donors (Lipinski definition) is 1. The molecular weight excluding hydrogens is 346 g/mol. The van der Waals surface area contributed by atoms with Crippen LogP contribution in [0.2, 0.25) is 0 Å². The molecule has 0 saturated heterocycles. The van der Waals surface area contributed by atoms with Crippen LogP contribution in [0, 0.1) is 0 Å². The maximum atomic E-state index is 9.02. The van der Waals surface area contributed by atoms with Gasteiger partial charge >= 0.3 is 0 Å². The smallest absolute Gasteiger partial charge is 0.191 e. The summed E-state index contributed by atoms with van der Waals surface area (Å²) >= 11 is 1.60. The van der Waals surface area contributed by atoms with Crippen LogP contribution in [-0.4, -0.2) is 32.2 Å². The summed E-state index contributed by atoms with van der Waals surface area (Å²) in [6.07, 6.45) is 2.41. The number of furan rings is 1. The molecule has 3 aromatic rings. The van der Waals surface area contributed by atoms with Gasteiger partial charge in [-0.15, -0.1) is 10.2 Å². The van der Waals surface area contributed by atoms with Crippen LogP contribution < -0.4 is 0 Å². The summed E-state index contributed by atoms with van der Waals surface area (Å²) in [5.41, 5.74) is 2.44. The second-order valence-corrected chi connectivity index (χ2v) is 8.29. The molecule has 0 bridgehead atoms. The van der Waals surface area contributed by atoms with Gasteiger partial charge in [-0.1, -0.05) is 56.8 Å². The first-order valence-corrected chi connectivity index (χ1v) is 9.78. The fourth-order valence-corrected chi connectivity index (χ4v) is 3.52. The molecule has 0 unspecified atom stereocenters. The quantitative estimate of drug-likeness (QED) is 0.494. The van der Waals surface area contributed by atoms with E-state index in [-0.39, 0.29) is 12.0 Å². The Morgan fingerprint density at radius 1 is 1.12 bits per heavy atom. The highest BCUT2D eigenvalue weighted by atomic mass is 32.2. The summed E-state index contributed by atoms with van der Waals surface area (Å²) < 4.78 is 7.59. The van der Waals surface area contributed by atoms with Gasteiger partial charge < -0.3 is 9.52 Å². The zero-order chi connectivity index (χ0) is 18.6. The van der Waals surface area contributed by atoms with Gasteiger partial charge in [0.2, 0.25) is 0 Å². The average Bonchev–Trinajstić information content (AvgIpc) is 3.26. The van der Waals surface area contributed by atoms with Crippen LogP contribution in [0.3, 0.4) is 0 Å². The van der Waals surface area contributed by atoms with E-state index in [0.29, 0.717) is 6.54 Å². The third-order valence-electron chi connectivity index (χ3n) is 4.15. The van der Waals surface area contributed by atoms with E-state index in [1.54, 1.807) is 18.0 Å². The second kappa shape index (κ2) is 8.10. The molecule has 0 aliphatic rings. The zero-order valence-electron chi connectivity index (χ0n) is 15.5. The highest BCUT2D eigenvalue weighted by Gasteiger charge is 2.17. The molecule has 0 amide bonds. The number of rotatable bonds is 7. The Balaban J connectivity index is 1.92. The zero-order valence-corrected chi connectivity index (χ0v) is 16.3. The Morgan fingerprint density at radius 3 is 2.50 bits per heavy atom. The minimum atomic E-state index is 0.117. The highest BCUT2D eigenvalue weighted by molar-refractivity contribution is 7.99. The maximum absolute atomic E-state index is 9.02. The molecule has 0 fully saturated rings. The lowest BCUT2D eigenvalue weighted by atomic mass is 9.87. The fourth-order valence-electron chi connectivity index (χ4n) is 2.66.